The van der Waals surface area contributed by atoms with Gasteiger partial charge in [-0.2, -0.15) is 13.2 Å². The van der Waals surface area contributed by atoms with Gasteiger partial charge in [0.2, 0.25) is 0 Å². The lowest BCUT2D eigenvalue weighted by molar-refractivity contribution is -0.127. The summed E-state index contributed by atoms with van der Waals surface area (Å²) in [5.41, 5.74) is -0.0643. The van der Waals surface area contributed by atoms with Crippen molar-refractivity contribution < 1.29 is 18.3 Å². The van der Waals surface area contributed by atoms with Crippen molar-refractivity contribution in [3.63, 3.8) is 0 Å². The molecule has 0 spiro atoms. The maximum Gasteiger partial charge on any atom is 0.393 e. The molecule has 16 heavy (non-hydrogen) atoms. The molecule has 0 saturated carbocycles. The van der Waals surface area contributed by atoms with Gasteiger partial charge >= 0.3 is 6.18 Å². The van der Waals surface area contributed by atoms with Crippen LogP contribution in [0.5, 0.6) is 5.75 Å². The lowest BCUT2D eigenvalue weighted by atomic mass is 10.0. The van der Waals surface area contributed by atoms with E-state index in [0.717, 1.165) is 0 Å². The minimum Gasteiger partial charge on any atom is -0.508 e. The molecular formula is C12H9F3O. The van der Waals surface area contributed by atoms with E-state index in [4.69, 9.17) is 0 Å². The zero-order chi connectivity index (χ0) is 11.8. The summed E-state index contributed by atoms with van der Waals surface area (Å²) in [6, 6.07) is 9.59. The molecule has 0 aliphatic rings. The number of hydrogen-bond donors (Lipinski definition) is 1. The number of hydrogen-bond acceptors (Lipinski definition) is 1. The molecule has 1 nitrogen and oxygen atoms in total. The van der Waals surface area contributed by atoms with Crippen molar-refractivity contribution in [2.24, 2.45) is 0 Å². The van der Waals surface area contributed by atoms with E-state index in [1.807, 2.05) is 0 Å². The molecule has 2 aromatic rings. The second-order valence-electron chi connectivity index (χ2n) is 3.58. The Balaban J connectivity index is 2.62. The van der Waals surface area contributed by atoms with Crippen LogP contribution in [0.1, 0.15) is 5.56 Å². The van der Waals surface area contributed by atoms with Crippen LogP contribution in [0.4, 0.5) is 13.2 Å². The molecule has 0 atom stereocenters. The highest BCUT2D eigenvalue weighted by atomic mass is 19.4. The van der Waals surface area contributed by atoms with Gasteiger partial charge in [-0.1, -0.05) is 30.3 Å². The molecule has 0 bridgehead atoms. The first-order chi connectivity index (χ1) is 7.47. The fourth-order valence-corrected chi connectivity index (χ4v) is 1.71. The van der Waals surface area contributed by atoms with Crippen LogP contribution in [0.2, 0.25) is 0 Å². The number of halogens is 3. The van der Waals surface area contributed by atoms with Crippen molar-refractivity contribution in [3.8, 4) is 5.75 Å². The molecular weight excluding hydrogens is 217 g/mol. The van der Waals surface area contributed by atoms with Crippen LogP contribution in [-0.2, 0) is 6.42 Å². The molecule has 2 aromatic carbocycles. The van der Waals surface area contributed by atoms with E-state index < -0.39 is 12.6 Å². The van der Waals surface area contributed by atoms with Gasteiger partial charge in [0.1, 0.15) is 5.75 Å². The van der Waals surface area contributed by atoms with Gasteiger partial charge in [-0.15, -0.1) is 0 Å². The second-order valence-corrected chi connectivity index (χ2v) is 3.58. The summed E-state index contributed by atoms with van der Waals surface area (Å²) in [5, 5.41) is 10.6. The summed E-state index contributed by atoms with van der Waals surface area (Å²) >= 11 is 0. The predicted octanol–water partition coefficient (Wildman–Crippen LogP) is 3.65. The molecule has 0 aliphatic heterocycles. The van der Waals surface area contributed by atoms with Gasteiger partial charge in [0.15, 0.2) is 0 Å². The van der Waals surface area contributed by atoms with Gasteiger partial charge in [0.05, 0.1) is 6.42 Å². The van der Waals surface area contributed by atoms with Crippen LogP contribution in [-0.4, -0.2) is 11.3 Å². The lowest BCUT2D eigenvalue weighted by Crippen LogP contribution is -2.11. The average Bonchev–Trinajstić information content (AvgIpc) is 2.21. The molecule has 0 heterocycles. The Morgan fingerprint density at radius 2 is 1.69 bits per heavy atom. The van der Waals surface area contributed by atoms with Crippen molar-refractivity contribution in [2.75, 3.05) is 0 Å². The second kappa shape index (κ2) is 3.70. The van der Waals surface area contributed by atoms with Gasteiger partial charge < -0.3 is 5.11 Å². The normalized spacial score (nSPS) is 11.9. The van der Waals surface area contributed by atoms with E-state index in [2.05, 4.69) is 0 Å². The van der Waals surface area contributed by atoms with Crippen molar-refractivity contribution in [3.05, 3.63) is 42.0 Å². The zero-order valence-electron chi connectivity index (χ0n) is 8.25. The van der Waals surface area contributed by atoms with Crippen molar-refractivity contribution >= 4 is 10.8 Å². The average molecular weight is 226 g/mol. The van der Waals surface area contributed by atoms with E-state index in [1.54, 1.807) is 30.3 Å². The summed E-state index contributed by atoms with van der Waals surface area (Å²) in [6.07, 6.45) is -5.43. The molecule has 4 heteroatoms. The third-order valence-electron chi connectivity index (χ3n) is 2.39. The van der Waals surface area contributed by atoms with Gasteiger partial charge in [0.25, 0.3) is 0 Å². The molecule has 0 saturated heterocycles. The highest BCUT2D eigenvalue weighted by Crippen LogP contribution is 2.32. The van der Waals surface area contributed by atoms with Crippen LogP contribution in [0, 0.1) is 0 Å². The predicted molar refractivity (Wildman–Crippen MR) is 55.4 cm³/mol. The number of phenols is 1. The van der Waals surface area contributed by atoms with E-state index >= 15 is 0 Å². The summed E-state index contributed by atoms with van der Waals surface area (Å²) in [4.78, 5) is 0. The lowest BCUT2D eigenvalue weighted by Gasteiger charge is -2.11. The van der Waals surface area contributed by atoms with Crippen molar-refractivity contribution in [1.29, 1.82) is 0 Å². The van der Waals surface area contributed by atoms with E-state index in [0.29, 0.717) is 10.8 Å². The first kappa shape index (κ1) is 10.8. The summed E-state index contributed by atoms with van der Waals surface area (Å²) < 4.78 is 37.0. The Bertz CT molecular complexity index is 517. The fraction of sp³-hybridized carbons (Fsp3) is 0.167. The Kier molecular flexibility index (Phi) is 2.50. The van der Waals surface area contributed by atoms with Crippen LogP contribution in [0.3, 0.4) is 0 Å². The molecule has 0 amide bonds. The molecule has 0 aliphatic carbocycles. The molecule has 1 N–H and O–H groups in total. The van der Waals surface area contributed by atoms with E-state index in [1.165, 1.54) is 6.07 Å². The maximum absolute atomic E-state index is 12.3. The third-order valence-corrected chi connectivity index (χ3v) is 2.39. The molecule has 0 radical (unpaired) electrons. The van der Waals surface area contributed by atoms with Gasteiger partial charge in [-0.25, -0.2) is 0 Å². The molecule has 0 fully saturated rings. The standard InChI is InChI=1S/C12H9F3O/c13-12(14,15)7-10-9-4-2-1-3-8(9)5-6-11(10)16/h1-6,16H,7H2. The Labute approximate surface area is 90.1 Å². The molecule has 0 unspecified atom stereocenters. The van der Waals surface area contributed by atoms with Crippen molar-refractivity contribution in [2.45, 2.75) is 12.6 Å². The first-order valence-corrected chi connectivity index (χ1v) is 4.74. The highest BCUT2D eigenvalue weighted by Gasteiger charge is 2.29. The SMILES string of the molecule is Oc1ccc2ccccc2c1CC(F)(F)F. The molecule has 84 valence electrons. The van der Waals surface area contributed by atoms with Crippen LogP contribution in [0.25, 0.3) is 10.8 Å². The maximum atomic E-state index is 12.3. The van der Waals surface area contributed by atoms with E-state index in [-0.39, 0.29) is 11.3 Å². The van der Waals surface area contributed by atoms with Gasteiger partial charge in [-0.3, -0.25) is 0 Å². The van der Waals surface area contributed by atoms with Crippen molar-refractivity contribution in [1.82, 2.24) is 0 Å². The Morgan fingerprint density at radius 1 is 1.00 bits per heavy atom. The highest BCUT2D eigenvalue weighted by molar-refractivity contribution is 5.87. The number of phenolic OH excluding ortho intramolecular Hbond substituents is 1. The minimum absolute atomic E-state index is 0.0643. The zero-order valence-corrected chi connectivity index (χ0v) is 8.25. The van der Waals surface area contributed by atoms with Crippen LogP contribution in [0.15, 0.2) is 36.4 Å². The minimum atomic E-state index is -4.32. The largest absolute Gasteiger partial charge is 0.508 e. The number of fused-ring (bicyclic) bond motifs is 1. The number of benzene rings is 2. The summed E-state index contributed by atoms with van der Waals surface area (Å²) in [6.45, 7) is 0. The van der Waals surface area contributed by atoms with E-state index in [9.17, 15) is 18.3 Å². The van der Waals surface area contributed by atoms with Crippen LogP contribution >= 0.6 is 0 Å². The first-order valence-electron chi connectivity index (χ1n) is 4.74. The summed E-state index contributed by atoms with van der Waals surface area (Å²) in [7, 11) is 0. The van der Waals surface area contributed by atoms with Gasteiger partial charge in [-0.05, 0) is 16.8 Å². The Hall–Kier alpha value is -1.71. The number of alkyl halides is 3. The molecule has 0 aromatic heterocycles. The quantitative estimate of drug-likeness (QED) is 0.786. The topological polar surface area (TPSA) is 20.2 Å². The number of rotatable bonds is 1. The number of aromatic hydroxyl groups is 1. The monoisotopic (exact) mass is 226 g/mol. The third kappa shape index (κ3) is 2.10. The molecule has 2 rings (SSSR count). The fourth-order valence-electron chi connectivity index (χ4n) is 1.71. The smallest absolute Gasteiger partial charge is 0.393 e. The van der Waals surface area contributed by atoms with Gasteiger partial charge in [0, 0.05) is 5.56 Å². The summed E-state index contributed by atoms with van der Waals surface area (Å²) in [5.74, 6) is -0.309. The van der Waals surface area contributed by atoms with Crippen LogP contribution < -0.4 is 0 Å². The Morgan fingerprint density at radius 3 is 2.38 bits per heavy atom.